The van der Waals surface area contributed by atoms with E-state index in [1.165, 1.54) is 6.42 Å². The van der Waals surface area contributed by atoms with Gasteiger partial charge in [0.05, 0.1) is 12.7 Å². The van der Waals surface area contributed by atoms with Gasteiger partial charge < -0.3 is 14.2 Å². The van der Waals surface area contributed by atoms with Gasteiger partial charge in [0.1, 0.15) is 12.9 Å². The van der Waals surface area contributed by atoms with Crippen molar-refractivity contribution in [3.8, 4) is 0 Å². The molecule has 138 valence electrons. The third-order valence-corrected chi connectivity index (χ3v) is 5.32. The molecule has 3 atom stereocenters. The van der Waals surface area contributed by atoms with Gasteiger partial charge in [-0.2, -0.15) is 0 Å². The summed E-state index contributed by atoms with van der Waals surface area (Å²) in [6.45, 7) is 2.82. The summed E-state index contributed by atoms with van der Waals surface area (Å²) in [6.07, 6.45) is 7.88. The molecule has 0 spiro atoms. The molecule has 0 unspecified atom stereocenters. The summed E-state index contributed by atoms with van der Waals surface area (Å²) in [7, 11) is 0. The summed E-state index contributed by atoms with van der Waals surface area (Å²) in [4.78, 5) is 13.0. The Morgan fingerprint density at radius 2 is 2.12 bits per heavy atom. The maximum Gasteiger partial charge on any atom is 0.196 e. The fourth-order valence-corrected chi connectivity index (χ4v) is 3.80. The number of unbranched alkanes of at least 4 members (excludes halogenated alkanes) is 2. The molecule has 0 N–H and O–H groups in total. The van der Waals surface area contributed by atoms with Crippen molar-refractivity contribution in [3.05, 3.63) is 35.9 Å². The van der Waals surface area contributed by atoms with E-state index in [4.69, 9.17) is 14.2 Å². The van der Waals surface area contributed by atoms with E-state index in [2.05, 4.69) is 6.92 Å². The van der Waals surface area contributed by atoms with Crippen LogP contribution in [0.5, 0.6) is 0 Å². The minimum absolute atomic E-state index is 0.135. The second-order valence-corrected chi connectivity index (χ2v) is 7.21. The largest absolute Gasteiger partial charge is 0.358 e. The van der Waals surface area contributed by atoms with E-state index < -0.39 is 11.7 Å². The summed E-state index contributed by atoms with van der Waals surface area (Å²) in [5, 5.41) is 0. The zero-order chi connectivity index (χ0) is 17.5. The van der Waals surface area contributed by atoms with Gasteiger partial charge in [-0.25, -0.2) is 0 Å². The van der Waals surface area contributed by atoms with Crippen molar-refractivity contribution < 1.29 is 19.0 Å². The van der Waals surface area contributed by atoms with E-state index in [9.17, 15) is 4.79 Å². The second-order valence-electron chi connectivity index (χ2n) is 7.21. The molecular formula is C21H30O4. The Bertz CT molecular complexity index is 544. The van der Waals surface area contributed by atoms with Crippen molar-refractivity contribution in [2.45, 2.75) is 82.7 Å². The van der Waals surface area contributed by atoms with Crippen LogP contribution in [0.25, 0.3) is 0 Å². The number of carbonyl (C=O) groups excluding carboxylic acids is 1. The summed E-state index contributed by atoms with van der Waals surface area (Å²) < 4.78 is 17.3. The highest BCUT2D eigenvalue weighted by Crippen LogP contribution is 2.49. The Kier molecular flexibility index (Phi) is 6.63. The Balaban J connectivity index is 1.49. The maximum atomic E-state index is 13.0. The number of epoxide rings is 1. The zero-order valence-corrected chi connectivity index (χ0v) is 15.2. The van der Waals surface area contributed by atoms with E-state index in [-0.39, 0.29) is 18.7 Å². The van der Waals surface area contributed by atoms with Crippen molar-refractivity contribution in [1.29, 1.82) is 0 Å². The van der Waals surface area contributed by atoms with Crippen molar-refractivity contribution >= 4 is 5.78 Å². The van der Waals surface area contributed by atoms with Gasteiger partial charge in [-0.1, -0.05) is 62.9 Å². The smallest absolute Gasteiger partial charge is 0.196 e. The van der Waals surface area contributed by atoms with Crippen LogP contribution in [0.15, 0.2) is 30.3 Å². The van der Waals surface area contributed by atoms with Crippen molar-refractivity contribution in [1.82, 2.24) is 0 Å². The molecule has 4 heteroatoms. The SMILES string of the molecule is CCCCC[C@@H](OCOCc1ccccc1)C(=O)[C@]12CCCC[C@H]1O2. The number of hydrogen-bond donors (Lipinski definition) is 0. The van der Waals surface area contributed by atoms with Gasteiger partial charge in [-0.3, -0.25) is 4.79 Å². The highest BCUT2D eigenvalue weighted by molar-refractivity contribution is 5.94. The number of ether oxygens (including phenoxy) is 3. The molecule has 0 aromatic heterocycles. The lowest BCUT2D eigenvalue weighted by Gasteiger charge is -2.23. The van der Waals surface area contributed by atoms with Crippen LogP contribution >= 0.6 is 0 Å². The molecule has 0 bridgehead atoms. The summed E-state index contributed by atoms with van der Waals surface area (Å²) in [6, 6.07) is 10.0. The predicted molar refractivity (Wildman–Crippen MR) is 96.2 cm³/mol. The Hall–Kier alpha value is -1.23. The molecule has 0 amide bonds. The van der Waals surface area contributed by atoms with Crippen molar-refractivity contribution in [3.63, 3.8) is 0 Å². The van der Waals surface area contributed by atoms with E-state index in [1.807, 2.05) is 30.3 Å². The lowest BCUT2D eigenvalue weighted by Crippen LogP contribution is -2.40. The molecule has 2 aliphatic rings. The number of hydrogen-bond acceptors (Lipinski definition) is 4. The summed E-state index contributed by atoms with van der Waals surface area (Å²) in [5.74, 6) is 0.150. The molecule has 25 heavy (non-hydrogen) atoms. The van der Waals surface area contributed by atoms with Gasteiger partial charge in [0.25, 0.3) is 0 Å². The standard InChI is InChI=1S/C21H30O4/c1-2-3-5-12-18(20(22)21-14-9-8-13-19(21)25-21)24-16-23-15-17-10-6-4-7-11-17/h4,6-7,10-11,18-19H,2-3,5,8-9,12-16H2,1H3/t18-,19-,21+/m1/s1. The number of ketones is 1. The molecule has 1 saturated heterocycles. The first-order valence-electron chi connectivity index (χ1n) is 9.71. The van der Waals surface area contributed by atoms with Crippen LogP contribution in [-0.2, 0) is 25.6 Å². The van der Waals surface area contributed by atoms with Gasteiger partial charge >= 0.3 is 0 Å². The number of benzene rings is 1. The van der Waals surface area contributed by atoms with E-state index in [0.717, 1.165) is 50.5 Å². The molecule has 4 nitrogen and oxygen atoms in total. The van der Waals surface area contributed by atoms with Crippen LogP contribution < -0.4 is 0 Å². The third kappa shape index (κ3) is 4.69. The van der Waals surface area contributed by atoms with E-state index in [1.54, 1.807) is 0 Å². The van der Waals surface area contributed by atoms with Gasteiger partial charge in [-0.15, -0.1) is 0 Å². The second kappa shape index (κ2) is 8.93. The topological polar surface area (TPSA) is 48.1 Å². The lowest BCUT2D eigenvalue weighted by atomic mass is 9.83. The average Bonchev–Trinajstić information content (AvgIpc) is 3.40. The van der Waals surface area contributed by atoms with Crippen LogP contribution in [0, 0.1) is 0 Å². The third-order valence-electron chi connectivity index (χ3n) is 5.32. The first-order valence-corrected chi connectivity index (χ1v) is 9.71. The molecule has 0 radical (unpaired) electrons. The number of fused-ring (bicyclic) bond motifs is 1. The van der Waals surface area contributed by atoms with Crippen molar-refractivity contribution in [2.75, 3.05) is 6.79 Å². The molecule has 1 aliphatic heterocycles. The summed E-state index contributed by atoms with van der Waals surface area (Å²) in [5.41, 5.74) is 0.575. The minimum Gasteiger partial charge on any atom is -0.358 e. The number of carbonyl (C=O) groups is 1. The average molecular weight is 346 g/mol. The minimum atomic E-state index is -0.533. The van der Waals surface area contributed by atoms with E-state index in [0.29, 0.717) is 6.61 Å². The fraction of sp³-hybridized carbons (Fsp3) is 0.667. The molecule has 1 aromatic rings. The Labute approximate surface area is 150 Å². The van der Waals surface area contributed by atoms with Crippen LogP contribution in [0.3, 0.4) is 0 Å². The van der Waals surface area contributed by atoms with Gasteiger partial charge in [0.15, 0.2) is 11.4 Å². The van der Waals surface area contributed by atoms with Gasteiger partial charge in [0.2, 0.25) is 0 Å². The quantitative estimate of drug-likeness (QED) is 0.338. The number of Topliss-reactive ketones (excluding diaryl/α,β-unsaturated/α-hetero) is 1. The van der Waals surface area contributed by atoms with Gasteiger partial charge in [-0.05, 0) is 31.2 Å². The highest BCUT2D eigenvalue weighted by Gasteiger charge is 2.63. The molecule has 1 heterocycles. The fourth-order valence-electron chi connectivity index (χ4n) is 3.80. The van der Waals surface area contributed by atoms with Crippen LogP contribution in [0.4, 0.5) is 0 Å². The normalized spacial score (nSPS) is 26.0. The first-order chi connectivity index (χ1) is 12.3. The molecule has 1 aliphatic carbocycles. The van der Waals surface area contributed by atoms with E-state index >= 15 is 0 Å². The first kappa shape index (κ1) is 18.6. The zero-order valence-electron chi connectivity index (χ0n) is 15.2. The van der Waals surface area contributed by atoms with Crippen LogP contribution in [-0.4, -0.2) is 30.4 Å². The Morgan fingerprint density at radius 1 is 1.28 bits per heavy atom. The highest BCUT2D eigenvalue weighted by atomic mass is 16.7. The molecule has 3 rings (SSSR count). The molecule has 1 aromatic carbocycles. The molecule has 1 saturated carbocycles. The molecular weight excluding hydrogens is 316 g/mol. The molecule has 2 fully saturated rings. The monoisotopic (exact) mass is 346 g/mol. The van der Waals surface area contributed by atoms with Crippen LogP contribution in [0.1, 0.15) is 63.9 Å². The van der Waals surface area contributed by atoms with Gasteiger partial charge in [0, 0.05) is 0 Å². The lowest BCUT2D eigenvalue weighted by molar-refractivity contribution is -0.149. The Morgan fingerprint density at radius 3 is 2.88 bits per heavy atom. The number of rotatable bonds is 11. The maximum absolute atomic E-state index is 13.0. The predicted octanol–water partition coefficient (Wildman–Crippen LogP) is 4.41. The van der Waals surface area contributed by atoms with Crippen LogP contribution in [0.2, 0.25) is 0 Å². The van der Waals surface area contributed by atoms with Crippen molar-refractivity contribution in [2.24, 2.45) is 0 Å². The summed E-state index contributed by atoms with van der Waals surface area (Å²) >= 11 is 0.